The molecule has 0 aliphatic carbocycles. The quantitative estimate of drug-likeness (QED) is 0.785. The number of nitrogens with one attached hydrogen (secondary N) is 1. The predicted molar refractivity (Wildman–Crippen MR) is 85.5 cm³/mol. The summed E-state index contributed by atoms with van der Waals surface area (Å²) in [6, 6.07) is 1.70. The molecule has 124 valence electrons. The summed E-state index contributed by atoms with van der Waals surface area (Å²) in [7, 11) is 1.67. The Bertz CT molecular complexity index is 885. The lowest BCUT2D eigenvalue weighted by atomic mass is 10.1. The number of carbonyl (C=O) groups excluding carboxylic acids is 1. The van der Waals surface area contributed by atoms with Gasteiger partial charge in [0.2, 0.25) is 0 Å². The number of hydrogen-bond donors (Lipinski definition) is 1. The molecule has 0 spiro atoms. The number of hydrogen-bond acceptors (Lipinski definition) is 5. The molecule has 1 saturated heterocycles. The summed E-state index contributed by atoms with van der Waals surface area (Å²) in [6.45, 7) is 2.44. The molecule has 0 radical (unpaired) electrons. The third kappa shape index (κ3) is 2.26. The van der Waals surface area contributed by atoms with E-state index < -0.39 is 0 Å². The topological polar surface area (TPSA) is 88.4 Å². The zero-order chi connectivity index (χ0) is 16.7. The average Bonchev–Trinajstić information content (AvgIpc) is 3.31. The fourth-order valence-corrected chi connectivity index (χ4v) is 3.26. The first kappa shape index (κ1) is 14.8. The largest absolute Gasteiger partial charge is 0.380 e. The van der Waals surface area contributed by atoms with Gasteiger partial charge in [0.1, 0.15) is 5.69 Å². The summed E-state index contributed by atoms with van der Waals surface area (Å²) in [6.07, 6.45) is 7.59. The summed E-state index contributed by atoms with van der Waals surface area (Å²) < 4.78 is 7.38. The van der Waals surface area contributed by atoms with E-state index in [0.29, 0.717) is 24.3 Å². The van der Waals surface area contributed by atoms with Crippen molar-refractivity contribution in [1.29, 1.82) is 0 Å². The Morgan fingerprint density at radius 2 is 2.29 bits per heavy atom. The van der Waals surface area contributed by atoms with E-state index in [9.17, 15) is 4.79 Å². The van der Waals surface area contributed by atoms with Crippen LogP contribution in [0.3, 0.4) is 0 Å². The number of fused-ring (bicyclic) bond motifs is 1. The van der Waals surface area contributed by atoms with Crippen molar-refractivity contribution in [1.82, 2.24) is 29.5 Å². The molecule has 0 unspecified atom stereocenters. The number of ether oxygens (including phenoxy) is 1. The van der Waals surface area contributed by atoms with Gasteiger partial charge in [-0.2, -0.15) is 0 Å². The van der Waals surface area contributed by atoms with Crippen LogP contribution in [0.4, 0.5) is 0 Å². The number of likely N-dealkylation sites (tertiary alicyclic amines) is 1. The number of amides is 1. The second kappa shape index (κ2) is 5.72. The molecule has 1 fully saturated rings. The Morgan fingerprint density at radius 1 is 1.42 bits per heavy atom. The molecule has 1 aliphatic heterocycles. The molecule has 3 aromatic heterocycles. The smallest absolute Gasteiger partial charge is 0.271 e. The van der Waals surface area contributed by atoms with Crippen LogP contribution < -0.4 is 0 Å². The maximum Gasteiger partial charge on any atom is 0.271 e. The van der Waals surface area contributed by atoms with E-state index in [1.165, 1.54) is 0 Å². The Morgan fingerprint density at radius 3 is 3.04 bits per heavy atom. The van der Waals surface area contributed by atoms with Gasteiger partial charge in [-0.3, -0.25) is 14.2 Å². The number of rotatable bonds is 3. The van der Waals surface area contributed by atoms with Gasteiger partial charge in [0, 0.05) is 38.7 Å². The molecule has 0 aromatic carbocycles. The number of nitrogens with zero attached hydrogens (tertiary/aromatic N) is 5. The molecule has 1 amide bonds. The molecule has 0 saturated carbocycles. The lowest BCUT2D eigenvalue weighted by Gasteiger charge is -2.23. The maximum absolute atomic E-state index is 13.0. The molecule has 4 heterocycles. The van der Waals surface area contributed by atoms with E-state index >= 15 is 0 Å². The monoisotopic (exact) mass is 326 g/mol. The summed E-state index contributed by atoms with van der Waals surface area (Å²) in [5.74, 6) is 0.678. The highest BCUT2D eigenvalue weighted by molar-refractivity contribution is 5.94. The molecular weight excluding hydrogens is 308 g/mol. The lowest BCUT2D eigenvalue weighted by molar-refractivity contribution is 0.0678. The van der Waals surface area contributed by atoms with Crippen molar-refractivity contribution in [3.8, 4) is 0 Å². The summed E-state index contributed by atoms with van der Waals surface area (Å²) >= 11 is 0. The molecule has 1 N–H and O–H groups in total. The zero-order valence-electron chi connectivity index (χ0n) is 13.5. The first-order valence-electron chi connectivity index (χ1n) is 7.81. The third-order valence-electron chi connectivity index (χ3n) is 4.56. The molecule has 24 heavy (non-hydrogen) atoms. The van der Waals surface area contributed by atoms with Crippen molar-refractivity contribution in [2.24, 2.45) is 0 Å². The number of methoxy groups -OCH3 is 1. The number of aryl methyl sites for hydroxylation is 1. The van der Waals surface area contributed by atoms with E-state index in [4.69, 9.17) is 4.74 Å². The number of carbonyl (C=O) groups is 1. The van der Waals surface area contributed by atoms with Crippen LogP contribution in [-0.2, 0) is 4.74 Å². The Balaban J connectivity index is 1.74. The van der Waals surface area contributed by atoms with Crippen molar-refractivity contribution in [3.05, 3.63) is 47.9 Å². The van der Waals surface area contributed by atoms with Gasteiger partial charge in [-0.25, -0.2) is 0 Å². The highest BCUT2D eigenvalue weighted by Gasteiger charge is 2.39. The van der Waals surface area contributed by atoms with Crippen LogP contribution in [0.5, 0.6) is 0 Å². The van der Waals surface area contributed by atoms with Gasteiger partial charge in [-0.1, -0.05) is 0 Å². The van der Waals surface area contributed by atoms with Crippen molar-refractivity contribution in [2.45, 2.75) is 25.5 Å². The van der Waals surface area contributed by atoms with Gasteiger partial charge in [0.25, 0.3) is 5.91 Å². The SMILES string of the molecule is CO[C@@H]1C[C@@H](c2nnc3cnccn23)N(C(=O)c2[nH]ccc2C)C1. The molecule has 0 bridgehead atoms. The highest BCUT2D eigenvalue weighted by Crippen LogP contribution is 2.33. The van der Waals surface area contributed by atoms with Gasteiger partial charge in [-0.15, -0.1) is 10.2 Å². The number of aromatic nitrogens is 5. The molecule has 4 rings (SSSR count). The van der Waals surface area contributed by atoms with Crippen molar-refractivity contribution < 1.29 is 9.53 Å². The van der Waals surface area contributed by atoms with E-state index in [2.05, 4.69) is 20.2 Å². The van der Waals surface area contributed by atoms with E-state index in [1.807, 2.05) is 28.5 Å². The summed E-state index contributed by atoms with van der Waals surface area (Å²) in [5.41, 5.74) is 2.19. The summed E-state index contributed by atoms with van der Waals surface area (Å²) in [5, 5.41) is 8.45. The van der Waals surface area contributed by atoms with Crippen molar-refractivity contribution in [2.75, 3.05) is 13.7 Å². The minimum Gasteiger partial charge on any atom is -0.380 e. The molecule has 8 heteroatoms. The van der Waals surface area contributed by atoms with E-state index in [1.54, 1.807) is 25.7 Å². The molecule has 1 aliphatic rings. The van der Waals surface area contributed by atoms with E-state index in [-0.39, 0.29) is 18.1 Å². The molecule has 2 atom stereocenters. The van der Waals surface area contributed by atoms with Crippen LogP contribution in [0.2, 0.25) is 0 Å². The fourth-order valence-electron chi connectivity index (χ4n) is 3.26. The first-order chi connectivity index (χ1) is 11.7. The van der Waals surface area contributed by atoms with Crippen molar-refractivity contribution in [3.63, 3.8) is 0 Å². The van der Waals surface area contributed by atoms with Crippen LogP contribution >= 0.6 is 0 Å². The second-order valence-corrected chi connectivity index (χ2v) is 5.97. The zero-order valence-corrected chi connectivity index (χ0v) is 13.5. The minimum atomic E-state index is -0.192. The molecule has 8 nitrogen and oxygen atoms in total. The number of H-pyrrole nitrogens is 1. The molecular formula is C16H18N6O2. The fraction of sp³-hybridized carbons (Fsp3) is 0.375. The number of aromatic amines is 1. The van der Waals surface area contributed by atoms with Crippen LogP contribution in [-0.4, -0.2) is 55.1 Å². The Labute approximate surface area is 138 Å². The second-order valence-electron chi connectivity index (χ2n) is 5.97. The standard InChI is InChI=1S/C16H18N6O2/c1-10-3-4-18-14(10)16(23)22-9-11(24-2)7-12(22)15-20-19-13-8-17-5-6-21(13)15/h3-6,8,11-12,18H,7,9H2,1-2H3/t11-,12+/m1/s1. The normalized spacial score (nSPS) is 20.8. The van der Waals surface area contributed by atoms with Crippen LogP contribution in [0.15, 0.2) is 30.9 Å². The third-order valence-corrected chi connectivity index (χ3v) is 4.56. The first-order valence-corrected chi connectivity index (χ1v) is 7.81. The Hall–Kier alpha value is -2.74. The predicted octanol–water partition coefficient (Wildman–Crippen LogP) is 1.36. The highest BCUT2D eigenvalue weighted by atomic mass is 16.5. The minimum absolute atomic E-state index is 0.0246. The van der Waals surface area contributed by atoms with Gasteiger partial charge in [-0.05, 0) is 18.6 Å². The Kier molecular flexibility index (Phi) is 3.53. The van der Waals surface area contributed by atoms with Gasteiger partial charge in [0.05, 0.1) is 18.3 Å². The average molecular weight is 326 g/mol. The van der Waals surface area contributed by atoms with Gasteiger partial charge >= 0.3 is 0 Å². The van der Waals surface area contributed by atoms with Crippen LogP contribution in [0, 0.1) is 6.92 Å². The summed E-state index contributed by atoms with van der Waals surface area (Å²) in [4.78, 5) is 21.9. The lowest BCUT2D eigenvalue weighted by Crippen LogP contribution is -2.33. The van der Waals surface area contributed by atoms with Gasteiger partial charge < -0.3 is 14.6 Å². The van der Waals surface area contributed by atoms with Crippen LogP contribution in [0.25, 0.3) is 5.65 Å². The van der Waals surface area contributed by atoms with Crippen LogP contribution in [0.1, 0.15) is 34.3 Å². The van der Waals surface area contributed by atoms with Crippen molar-refractivity contribution >= 4 is 11.6 Å². The van der Waals surface area contributed by atoms with E-state index in [0.717, 1.165) is 11.4 Å². The maximum atomic E-state index is 13.0. The van der Waals surface area contributed by atoms with Gasteiger partial charge in [0.15, 0.2) is 11.5 Å². The molecule has 3 aromatic rings.